The molecule has 0 radical (unpaired) electrons. The molecule has 0 N–H and O–H groups in total. The fourth-order valence-electron chi connectivity index (χ4n) is 9.16. The molecule has 0 unspecified atom stereocenters. The molecule has 0 saturated heterocycles. The average Bonchev–Trinajstić information content (AvgIpc) is 3.96. The number of benzene rings is 7. The molecule has 66 heavy (non-hydrogen) atoms. The molecule has 0 spiro atoms. The molecule has 0 fully saturated rings. The van der Waals surface area contributed by atoms with Crippen LogP contribution in [0, 0.1) is 18.8 Å². The number of nitrogens with zero attached hydrogens (tertiary/aromatic N) is 4. The maximum absolute atomic E-state index is 7.08. The van der Waals surface area contributed by atoms with E-state index in [1.807, 2.05) is 12.3 Å². The van der Waals surface area contributed by atoms with Crippen LogP contribution in [-0.2, 0) is 37.3 Å². The molecule has 5 nitrogen and oxygen atoms in total. The van der Waals surface area contributed by atoms with Crippen LogP contribution >= 0.6 is 0 Å². The number of pyridine rings is 1. The molecule has 0 bridgehead atoms. The zero-order chi connectivity index (χ0) is 44.9. The first-order chi connectivity index (χ1) is 31.3. The Morgan fingerprint density at radius 3 is 1.86 bits per heavy atom. The van der Waals surface area contributed by atoms with E-state index in [1.165, 1.54) is 22.3 Å². The Balaban J connectivity index is 0.00000548. The molecule has 3 heterocycles. The van der Waals surface area contributed by atoms with Crippen LogP contribution in [0.15, 0.2) is 188 Å². The van der Waals surface area contributed by atoms with Gasteiger partial charge in [-0.25, -0.2) is 4.98 Å². The van der Waals surface area contributed by atoms with Crippen LogP contribution in [0.4, 0.5) is 11.4 Å². The molecule has 0 saturated carbocycles. The van der Waals surface area contributed by atoms with Crippen molar-refractivity contribution in [3.8, 4) is 28.4 Å². The number of hydrogen-bond acceptors (Lipinski definition) is 4. The van der Waals surface area contributed by atoms with Crippen LogP contribution in [0.25, 0.3) is 38.8 Å². The molecule has 0 aliphatic carbocycles. The minimum absolute atomic E-state index is 0. The van der Waals surface area contributed by atoms with E-state index >= 15 is 0 Å². The SMILES string of the molecule is CC(C)(C)c1cccc(N2C=CN(c3[c-]c(Oc4[c-]c5c(c(C(C)(C)c6ccccc6)c4)c4ccccc4n5-c4cc(C(C)(C)c5ccccc5)ccn4)cc(-c4ccccc4)c3)[CH-]2)c1.[Pt]. The molecule has 0 amide bonds. The van der Waals surface area contributed by atoms with Crippen molar-refractivity contribution in [2.75, 3.05) is 9.80 Å². The average molecular weight is 1040 g/mol. The van der Waals surface area contributed by atoms with Gasteiger partial charge in [0, 0.05) is 55.4 Å². The Morgan fingerprint density at radius 2 is 1.15 bits per heavy atom. The largest absolute Gasteiger partial charge is 0.509 e. The Morgan fingerprint density at radius 1 is 0.530 bits per heavy atom. The molecule has 6 heteroatoms. The van der Waals surface area contributed by atoms with Crippen LogP contribution in [0.2, 0.25) is 0 Å². The van der Waals surface area contributed by atoms with Crippen molar-refractivity contribution in [1.29, 1.82) is 0 Å². The minimum Gasteiger partial charge on any atom is -0.509 e. The second-order valence-corrected chi connectivity index (χ2v) is 19.1. The van der Waals surface area contributed by atoms with Gasteiger partial charge in [0.1, 0.15) is 5.82 Å². The number of hydrogen-bond donors (Lipinski definition) is 0. The summed E-state index contributed by atoms with van der Waals surface area (Å²) >= 11 is 0. The molecule has 1 aliphatic rings. The van der Waals surface area contributed by atoms with E-state index in [4.69, 9.17) is 9.72 Å². The monoisotopic (exact) mass is 1040 g/mol. The van der Waals surface area contributed by atoms with E-state index in [2.05, 4.69) is 258 Å². The van der Waals surface area contributed by atoms with Crippen molar-refractivity contribution < 1.29 is 25.8 Å². The van der Waals surface area contributed by atoms with Crippen molar-refractivity contribution in [1.82, 2.24) is 9.55 Å². The topological polar surface area (TPSA) is 33.5 Å². The molecular weight excluding hydrogens is 988 g/mol. The molecular formula is C60H53N4OPt-3. The van der Waals surface area contributed by atoms with Crippen LogP contribution in [0.1, 0.15) is 76.3 Å². The first kappa shape index (κ1) is 44.5. The number of anilines is 2. The van der Waals surface area contributed by atoms with Crippen LogP contribution in [0.3, 0.4) is 0 Å². The van der Waals surface area contributed by atoms with Gasteiger partial charge >= 0.3 is 0 Å². The van der Waals surface area contributed by atoms with E-state index in [1.54, 1.807) is 0 Å². The molecule has 10 rings (SSSR count). The Hall–Kier alpha value is -6.68. The summed E-state index contributed by atoms with van der Waals surface area (Å²) in [6.07, 6.45) is 6.10. The summed E-state index contributed by atoms with van der Waals surface area (Å²) in [5.41, 5.74) is 11.4. The molecule has 0 atom stereocenters. The number of fused-ring (bicyclic) bond motifs is 3. The second-order valence-electron chi connectivity index (χ2n) is 19.1. The Bertz CT molecular complexity index is 3200. The van der Waals surface area contributed by atoms with Gasteiger partial charge < -0.3 is 19.1 Å². The van der Waals surface area contributed by atoms with Crippen molar-refractivity contribution in [2.45, 2.75) is 64.7 Å². The van der Waals surface area contributed by atoms with Crippen molar-refractivity contribution in [2.24, 2.45) is 0 Å². The summed E-state index contributed by atoms with van der Waals surface area (Å²) < 4.78 is 9.34. The summed E-state index contributed by atoms with van der Waals surface area (Å²) in [5, 5.41) is 2.25. The number of aromatic nitrogens is 2. The third kappa shape index (κ3) is 8.38. The van der Waals surface area contributed by atoms with Crippen molar-refractivity contribution >= 4 is 33.2 Å². The summed E-state index contributed by atoms with van der Waals surface area (Å²) in [7, 11) is 0. The standard InChI is InChI=1S/C60H53N4O.Pt/c1-58(2,3)46-26-19-27-48(36-46)62-32-33-63(41-62)49-34-43(42-20-11-8-12-21-42)35-50(38-49)65-51-39-53(60(6,7)45-24-15-10-16-25-45)57-52-28-17-18-29-54(52)64(55(57)40-51)56-37-47(30-31-61-56)59(4,5)44-22-13-9-14-23-44;/h8-37,39,41H,1-7H3;/q-3;. The molecule has 2 aromatic heterocycles. The van der Waals surface area contributed by atoms with E-state index < -0.39 is 5.41 Å². The Kier molecular flexibility index (Phi) is 11.9. The number of rotatable bonds is 10. The van der Waals surface area contributed by atoms with E-state index in [0.29, 0.717) is 11.5 Å². The summed E-state index contributed by atoms with van der Waals surface area (Å²) in [5.74, 6) is 2.00. The fraction of sp³-hybridized carbons (Fsp3) is 0.167. The van der Waals surface area contributed by atoms with Gasteiger partial charge in [-0.05, 0) is 86.8 Å². The maximum Gasteiger partial charge on any atom is 0.135 e. The number of ether oxygens (including phenoxy) is 1. The Labute approximate surface area is 404 Å². The van der Waals surface area contributed by atoms with Gasteiger partial charge in [-0.15, -0.1) is 53.8 Å². The van der Waals surface area contributed by atoms with Gasteiger partial charge in [0.05, 0.1) is 0 Å². The maximum atomic E-state index is 7.08. The quantitative estimate of drug-likeness (QED) is 0.128. The van der Waals surface area contributed by atoms with E-state index in [-0.39, 0.29) is 31.9 Å². The summed E-state index contributed by atoms with van der Waals surface area (Å²) in [6.45, 7) is 18.0. The molecule has 9 aromatic rings. The van der Waals surface area contributed by atoms with Crippen LogP contribution < -0.4 is 14.5 Å². The van der Waals surface area contributed by atoms with Gasteiger partial charge in [-0.3, -0.25) is 0 Å². The summed E-state index contributed by atoms with van der Waals surface area (Å²) in [6, 6.07) is 67.5. The van der Waals surface area contributed by atoms with Crippen molar-refractivity contribution in [3.63, 3.8) is 0 Å². The first-order valence-corrected chi connectivity index (χ1v) is 22.4. The van der Waals surface area contributed by atoms with Gasteiger partial charge in [0.2, 0.25) is 0 Å². The second kappa shape index (κ2) is 17.6. The zero-order valence-electron chi connectivity index (χ0n) is 38.5. The van der Waals surface area contributed by atoms with Gasteiger partial charge in [-0.2, -0.15) is 0 Å². The first-order valence-electron chi connectivity index (χ1n) is 22.4. The summed E-state index contributed by atoms with van der Waals surface area (Å²) in [4.78, 5) is 9.33. The smallest absolute Gasteiger partial charge is 0.135 e. The minimum atomic E-state index is -0.421. The van der Waals surface area contributed by atoms with E-state index in [9.17, 15) is 0 Å². The fourth-order valence-corrected chi connectivity index (χ4v) is 9.16. The third-order valence-corrected chi connectivity index (χ3v) is 13.1. The van der Waals surface area contributed by atoms with E-state index in [0.717, 1.165) is 55.7 Å². The molecule has 7 aromatic carbocycles. The number of para-hydroxylation sites is 1. The van der Waals surface area contributed by atoms with Crippen LogP contribution in [-0.4, -0.2) is 9.55 Å². The predicted molar refractivity (Wildman–Crippen MR) is 269 cm³/mol. The molecule has 1 aliphatic heterocycles. The van der Waals surface area contributed by atoms with Gasteiger partial charge in [0.25, 0.3) is 0 Å². The third-order valence-electron chi connectivity index (χ3n) is 13.1. The molecule has 332 valence electrons. The predicted octanol–water partition coefficient (Wildman–Crippen LogP) is 15.1. The normalized spacial score (nSPS) is 13.1. The van der Waals surface area contributed by atoms with Gasteiger partial charge in [-0.1, -0.05) is 181 Å². The zero-order valence-corrected chi connectivity index (χ0v) is 40.8. The van der Waals surface area contributed by atoms with Gasteiger partial charge in [0.15, 0.2) is 0 Å². The van der Waals surface area contributed by atoms with Crippen molar-refractivity contribution in [3.05, 3.63) is 235 Å². The van der Waals surface area contributed by atoms with Crippen LogP contribution in [0.5, 0.6) is 11.5 Å².